The van der Waals surface area contributed by atoms with Crippen molar-refractivity contribution in [1.82, 2.24) is 5.32 Å². The van der Waals surface area contributed by atoms with Crippen LogP contribution in [-0.2, 0) is 0 Å². The van der Waals surface area contributed by atoms with E-state index in [0.717, 1.165) is 6.42 Å². The summed E-state index contributed by atoms with van der Waals surface area (Å²) >= 11 is 0. The van der Waals surface area contributed by atoms with Crippen LogP contribution in [0.2, 0.25) is 0 Å². The summed E-state index contributed by atoms with van der Waals surface area (Å²) in [5.74, 6) is 0.591. The molecule has 1 saturated carbocycles. The fourth-order valence-corrected chi connectivity index (χ4v) is 2.18. The molecule has 1 aliphatic carbocycles. The van der Waals surface area contributed by atoms with Crippen molar-refractivity contribution >= 4 is 6.09 Å². The molecule has 14 heavy (non-hydrogen) atoms. The Hall–Kier alpha value is -0.770. The number of aliphatic hydroxyl groups excluding tert-OH is 1. The second-order valence-corrected chi connectivity index (χ2v) is 4.07. The highest BCUT2D eigenvalue weighted by molar-refractivity contribution is 5.64. The Labute approximate surface area is 84.3 Å². The lowest BCUT2D eigenvalue weighted by atomic mass is 9.85. The van der Waals surface area contributed by atoms with Gasteiger partial charge in [0.15, 0.2) is 0 Å². The third-order valence-corrected chi connectivity index (χ3v) is 2.89. The third-order valence-electron chi connectivity index (χ3n) is 2.89. The second-order valence-electron chi connectivity index (χ2n) is 4.07. The Balaban J connectivity index is 2.27. The lowest BCUT2D eigenvalue weighted by Crippen LogP contribution is -2.38. The molecule has 1 amide bonds. The van der Waals surface area contributed by atoms with Crippen LogP contribution in [0.3, 0.4) is 0 Å². The van der Waals surface area contributed by atoms with Crippen LogP contribution < -0.4 is 5.32 Å². The van der Waals surface area contributed by atoms with E-state index in [-0.39, 0.29) is 12.6 Å². The number of carboxylic acid groups (broad SMARTS) is 1. The van der Waals surface area contributed by atoms with Gasteiger partial charge in [0, 0.05) is 0 Å². The van der Waals surface area contributed by atoms with Crippen molar-refractivity contribution in [2.75, 3.05) is 6.61 Å². The summed E-state index contributed by atoms with van der Waals surface area (Å²) in [4.78, 5) is 10.4. The molecule has 1 unspecified atom stereocenters. The van der Waals surface area contributed by atoms with Gasteiger partial charge in [-0.15, -0.1) is 0 Å². The SMILES string of the molecule is O=C(O)NC(CO)CC1CCCCC1. The molecule has 0 heterocycles. The molecule has 1 fully saturated rings. The Kier molecular flexibility index (Phi) is 4.73. The fraction of sp³-hybridized carbons (Fsp3) is 0.900. The van der Waals surface area contributed by atoms with Crippen LogP contribution in [0.1, 0.15) is 38.5 Å². The van der Waals surface area contributed by atoms with Gasteiger partial charge in [0.2, 0.25) is 0 Å². The summed E-state index contributed by atoms with van der Waals surface area (Å²) in [6.45, 7) is -0.0944. The number of rotatable bonds is 4. The molecular formula is C10H19NO3. The second kappa shape index (κ2) is 5.86. The van der Waals surface area contributed by atoms with E-state index < -0.39 is 6.09 Å². The van der Waals surface area contributed by atoms with Crippen LogP contribution in [0.25, 0.3) is 0 Å². The minimum absolute atomic E-state index is 0.0944. The van der Waals surface area contributed by atoms with E-state index in [4.69, 9.17) is 10.2 Å². The van der Waals surface area contributed by atoms with Crippen molar-refractivity contribution in [3.63, 3.8) is 0 Å². The first kappa shape index (κ1) is 11.3. The van der Waals surface area contributed by atoms with Gasteiger partial charge in [-0.1, -0.05) is 32.1 Å². The van der Waals surface area contributed by atoms with Crippen molar-refractivity contribution in [2.24, 2.45) is 5.92 Å². The Morgan fingerprint density at radius 2 is 2.00 bits per heavy atom. The largest absolute Gasteiger partial charge is 0.465 e. The molecule has 4 nitrogen and oxygen atoms in total. The molecule has 82 valence electrons. The molecule has 0 aromatic rings. The molecular weight excluding hydrogens is 182 g/mol. The predicted molar refractivity (Wildman–Crippen MR) is 53.2 cm³/mol. The van der Waals surface area contributed by atoms with Gasteiger partial charge in [-0.2, -0.15) is 0 Å². The number of hydrogen-bond acceptors (Lipinski definition) is 2. The fourth-order valence-electron chi connectivity index (χ4n) is 2.18. The van der Waals surface area contributed by atoms with Gasteiger partial charge in [0.05, 0.1) is 12.6 Å². The molecule has 0 saturated heterocycles. The maximum atomic E-state index is 10.4. The highest BCUT2D eigenvalue weighted by atomic mass is 16.4. The molecule has 4 heteroatoms. The molecule has 0 aromatic carbocycles. The lowest BCUT2D eigenvalue weighted by Gasteiger charge is -2.25. The van der Waals surface area contributed by atoms with Gasteiger partial charge in [0.25, 0.3) is 0 Å². The van der Waals surface area contributed by atoms with E-state index in [9.17, 15) is 4.79 Å². The smallest absolute Gasteiger partial charge is 0.404 e. The average Bonchev–Trinajstić information content (AvgIpc) is 2.17. The molecule has 1 rings (SSSR count). The van der Waals surface area contributed by atoms with E-state index in [1.807, 2.05) is 0 Å². The van der Waals surface area contributed by atoms with Crippen molar-refractivity contribution in [3.05, 3.63) is 0 Å². The standard InChI is InChI=1S/C10H19NO3/c12-7-9(11-10(13)14)6-8-4-2-1-3-5-8/h8-9,11-12H,1-7H2,(H,13,14). The van der Waals surface area contributed by atoms with Crippen molar-refractivity contribution in [2.45, 2.75) is 44.6 Å². The quantitative estimate of drug-likeness (QED) is 0.647. The number of nitrogens with one attached hydrogen (secondary N) is 1. The summed E-state index contributed by atoms with van der Waals surface area (Å²) < 4.78 is 0. The van der Waals surface area contributed by atoms with Crippen LogP contribution in [-0.4, -0.2) is 29.0 Å². The molecule has 0 bridgehead atoms. The minimum atomic E-state index is -1.04. The summed E-state index contributed by atoms with van der Waals surface area (Å²) in [5.41, 5.74) is 0. The lowest BCUT2D eigenvalue weighted by molar-refractivity contribution is 0.166. The first-order chi connectivity index (χ1) is 6.72. The van der Waals surface area contributed by atoms with Crippen LogP contribution in [0.4, 0.5) is 4.79 Å². The van der Waals surface area contributed by atoms with Crippen molar-refractivity contribution in [1.29, 1.82) is 0 Å². The van der Waals surface area contributed by atoms with Crippen LogP contribution in [0.15, 0.2) is 0 Å². The van der Waals surface area contributed by atoms with Gasteiger partial charge in [-0.05, 0) is 12.3 Å². The Morgan fingerprint density at radius 1 is 1.36 bits per heavy atom. The number of hydrogen-bond donors (Lipinski definition) is 3. The summed E-state index contributed by atoms with van der Waals surface area (Å²) in [7, 11) is 0. The third kappa shape index (κ3) is 3.96. The van der Waals surface area contributed by atoms with Crippen molar-refractivity contribution < 1.29 is 15.0 Å². The normalized spacial score (nSPS) is 20.4. The van der Waals surface area contributed by atoms with Crippen LogP contribution >= 0.6 is 0 Å². The number of aliphatic hydroxyl groups is 1. The van der Waals surface area contributed by atoms with E-state index in [1.165, 1.54) is 32.1 Å². The molecule has 1 atom stereocenters. The van der Waals surface area contributed by atoms with Gasteiger partial charge in [0.1, 0.15) is 0 Å². The van der Waals surface area contributed by atoms with Crippen molar-refractivity contribution in [3.8, 4) is 0 Å². The number of amides is 1. The topological polar surface area (TPSA) is 69.6 Å². The molecule has 0 aliphatic heterocycles. The maximum absolute atomic E-state index is 10.4. The number of carbonyl (C=O) groups is 1. The zero-order chi connectivity index (χ0) is 10.4. The summed E-state index contributed by atoms with van der Waals surface area (Å²) in [5, 5.41) is 19.8. The van der Waals surface area contributed by atoms with Gasteiger partial charge in [-0.3, -0.25) is 0 Å². The predicted octanol–water partition coefficient (Wildman–Crippen LogP) is 1.59. The zero-order valence-electron chi connectivity index (χ0n) is 8.41. The summed E-state index contributed by atoms with van der Waals surface area (Å²) in [6.07, 6.45) is 5.89. The van der Waals surface area contributed by atoms with Crippen LogP contribution in [0.5, 0.6) is 0 Å². The highest BCUT2D eigenvalue weighted by Gasteiger charge is 2.19. The Morgan fingerprint density at radius 3 is 2.50 bits per heavy atom. The zero-order valence-corrected chi connectivity index (χ0v) is 8.41. The van der Waals surface area contributed by atoms with Gasteiger partial charge < -0.3 is 15.5 Å². The average molecular weight is 201 g/mol. The van der Waals surface area contributed by atoms with Gasteiger partial charge >= 0.3 is 6.09 Å². The molecule has 1 aliphatic rings. The molecule has 0 radical (unpaired) electrons. The minimum Gasteiger partial charge on any atom is -0.465 e. The molecule has 3 N–H and O–H groups in total. The van der Waals surface area contributed by atoms with Gasteiger partial charge in [-0.25, -0.2) is 4.79 Å². The summed E-state index contributed by atoms with van der Waals surface area (Å²) in [6, 6.07) is -0.282. The van der Waals surface area contributed by atoms with E-state index in [0.29, 0.717) is 5.92 Å². The van der Waals surface area contributed by atoms with E-state index in [2.05, 4.69) is 5.32 Å². The molecule has 0 aromatic heterocycles. The van der Waals surface area contributed by atoms with Crippen LogP contribution in [0, 0.1) is 5.92 Å². The van der Waals surface area contributed by atoms with E-state index in [1.54, 1.807) is 0 Å². The maximum Gasteiger partial charge on any atom is 0.404 e. The first-order valence-electron chi connectivity index (χ1n) is 5.32. The molecule has 0 spiro atoms. The van der Waals surface area contributed by atoms with E-state index >= 15 is 0 Å². The Bertz CT molecular complexity index is 178. The highest BCUT2D eigenvalue weighted by Crippen LogP contribution is 2.27. The first-order valence-corrected chi connectivity index (χ1v) is 5.32. The monoisotopic (exact) mass is 201 g/mol.